The van der Waals surface area contributed by atoms with Gasteiger partial charge in [-0.3, -0.25) is 9.69 Å². The smallest absolute Gasteiger partial charge is 0.257 e. The molecule has 0 aliphatic carbocycles. The van der Waals surface area contributed by atoms with Crippen LogP contribution in [0.25, 0.3) is 5.69 Å². The minimum Gasteiger partial charge on any atom is -0.507 e. The second-order valence-corrected chi connectivity index (χ2v) is 7.97. The van der Waals surface area contributed by atoms with Gasteiger partial charge < -0.3 is 10.0 Å². The number of hydrogen-bond donors (Lipinski definition) is 1. The molecule has 2 aliphatic heterocycles. The van der Waals surface area contributed by atoms with Crippen molar-refractivity contribution in [1.82, 2.24) is 30.0 Å². The van der Waals surface area contributed by atoms with Gasteiger partial charge in [0, 0.05) is 38.3 Å². The summed E-state index contributed by atoms with van der Waals surface area (Å²) in [7, 11) is 0. The number of aromatic hydroxyl groups is 1. The highest BCUT2D eigenvalue weighted by atomic mass is 16.3. The standard InChI is InChI=1S/C22H24N6O2/c29-21-13-19(28-15-23-24-25-28)5-6-20(21)22(30)26-11-8-18(9-12-26)27-10-7-16-3-1-2-4-17(16)14-27/h1-6,13,15,18,29H,7-12,14H2. The first-order chi connectivity index (χ1) is 14.7. The molecule has 1 aromatic heterocycles. The number of piperidine rings is 1. The van der Waals surface area contributed by atoms with Crippen LogP contribution in [-0.2, 0) is 13.0 Å². The molecule has 0 unspecified atom stereocenters. The number of amides is 1. The summed E-state index contributed by atoms with van der Waals surface area (Å²) in [6.45, 7) is 3.48. The first-order valence-corrected chi connectivity index (χ1v) is 10.4. The fourth-order valence-electron chi connectivity index (χ4n) is 4.56. The number of likely N-dealkylation sites (tertiary alicyclic amines) is 1. The molecule has 5 rings (SSSR count). The average Bonchev–Trinajstić information content (AvgIpc) is 3.33. The van der Waals surface area contributed by atoms with Gasteiger partial charge in [-0.1, -0.05) is 24.3 Å². The fraction of sp³-hybridized carbons (Fsp3) is 0.364. The zero-order chi connectivity index (χ0) is 20.5. The van der Waals surface area contributed by atoms with Crippen molar-refractivity contribution in [3.05, 3.63) is 65.5 Å². The summed E-state index contributed by atoms with van der Waals surface area (Å²) in [5.74, 6) is -0.180. The molecule has 0 saturated carbocycles. The number of nitrogens with zero attached hydrogens (tertiary/aromatic N) is 6. The van der Waals surface area contributed by atoms with Crippen LogP contribution in [0.3, 0.4) is 0 Å². The van der Waals surface area contributed by atoms with Crippen molar-refractivity contribution >= 4 is 5.91 Å². The third-order valence-electron chi connectivity index (χ3n) is 6.25. The van der Waals surface area contributed by atoms with Crippen LogP contribution >= 0.6 is 0 Å². The van der Waals surface area contributed by atoms with Crippen LogP contribution in [0.5, 0.6) is 5.75 Å². The van der Waals surface area contributed by atoms with Crippen LogP contribution in [0, 0.1) is 0 Å². The predicted octanol–water partition coefficient (Wildman–Crippen LogP) is 2.03. The van der Waals surface area contributed by atoms with E-state index in [-0.39, 0.29) is 11.7 Å². The van der Waals surface area contributed by atoms with E-state index in [0.717, 1.165) is 32.4 Å². The van der Waals surface area contributed by atoms with Gasteiger partial charge in [0.1, 0.15) is 12.1 Å². The van der Waals surface area contributed by atoms with E-state index in [0.29, 0.717) is 30.4 Å². The zero-order valence-electron chi connectivity index (χ0n) is 16.7. The molecule has 1 N–H and O–H groups in total. The van der Waals surface area contributed by atoms with Crippen molar-refractivity contribution in [1.29, 1.82) is 0 Å². The van der Waals surface area contributed by atoms with Gasteiger partial charge >= 0.3 is 0 Å². The number of phenols is 1. The molecule has 1 fully saturated rings. The average molecular weight is 404 g/mol. The molecule has 0 atom stereocenters. The molecule has 2 aliphatic rings. The molecule has 1 amide bonds. The maximum absolute atomic E-state index is 13.0. The van der Waals surface area contributed by atoms with Gasteiger partial charge in [0.2, 0.25) is 0 Å². The lowest BCUT2D eigenvalue weighted by atomic mass is 9.95. The Morgan fingerprint density at radius 2 is 1.83 bits per heavy atom. The number of rotatable bonds is 3. The minimum absolute atomic E-state index is 0.0530. The normalized spacial score (nSPS) is 17.7. The largest absolute Gasteiger partial charge is 0.507 e. The van der Waals surface area contributed by atoms with Gasteiger partial charge in [0.15, 0.2) is 0 Å². The number of aromatic nitrogens is 4. The number of benzene rings is 2. The maximum atomic E-state index is 13.0. The number of carbonyl (C=O) groups is 1. The molecule has 0 spiro atoms. The molecule has 8 nitrogen and oxygen atoms in total. The third kappa shape index (κ3) is 3.54. The molecule has 0 radical (unpaired) electrons. The van der Waals surface area contributed by atoms with Crippen LogP contribution in [0.2, 0.25) is 0 Å². The summed E-state index contributed by atoms with van der Waals surface area (Å²) < 4.78 is 1.44. The van der Waals surface area contributed by atoms with Gasteiger partial charge in [-0.2, -0.15) is 0 Å². The molecule has 3 heterocycles. The van der Waals surface area contributed by atoms with Crippen LogP contribution in [0.1, 0.15) is 34.3 Å². The second-order valence-electron chi connectivity index (χ2n) is 7.97. The van der Waals surface area contributed by atoms with E-state index in [1.807, 2.05) is 4.90 Å². The molecule has 3 aromatic rings. The third-order valence-corrected chi connectivity index (χ3v) is 6.25. The molecule has 8 heteroatoms. The van der Waals surface area contributed by atoms with Crippen LogP contribution in [-0.4, -0.2) is 66.7 Å². The first kappa shape index (κ1) is 18.7. The van der Waals surface area contributed by atoms with E-state index in [1.165, 1.54) is 28.2 Å². The van der Waals surface area contributed by atoms with Crippen molar-refractivity contribution < 1.29 is 9.90 Å². The fourth-order valence-corrected chi connectivity index (χ4v) is 4.56. The molecule has 0 bridgehead atoms. The summed E-state index contributed by atoms with van der Waals surface area (Å²) in [5.41, 5.74) is 3.81. The number of phenolic OH excluding ortho intramolecular Hbond substituents is 1. The van der Waals surface area contributed by atoms with Gasteiger partial charge in [0.25, 0.3) is 5.91 Å². The lowest BCUT2D eigenvalue weighted by Gasteiger charge is -2.40. The monoisotopic (exact) mass is 404 g/mol. The van der Waals surface area contributed by atoms with E-state index in [2.05, 4.69) is 44.7 Å². The van der Waals surface area contributed by atoms with Crippen molar-refractivity contribution in [2.24, 2.45) is 0 Å². The Balaban J connectivity index is 1.22. The van der Waals surface area contributed by atoms with Crippen molar-refractivity contribution in [2.75, 3.05) is 19.6 Å². The Morgan fingerprint density at radius 1 is 1.03 bits per heavy atom. The molecule has 30 heavy (non-hydrogen) atoms. The molecule has 1 saturated heterocycles. The quantitative estimate of drug-likeness (QED) is 0.719. The van der Waals surface area contributed by atoms with Gasteiger partial charge in [-0.15, -0.1) is 5.10 Å². The topological polar surface area (TPSA) is 87.4 Å². The molecule has 154 valence electrons. The molecule has 2 aromatic carbocycles. The summed E-state index contributed by atoms with van der Waals surface area (Å²) in [4.78, 5) is 17.4. The minimum atomic E-state index is -0.127. The van der Waals surface area contributed by atoms with Crippen LogP contribution < -0.4 is 0 Å². The zero-order valence-corrected chi connectivity index (χ0v) is 16.7. The van der Waals surface area contributed by atoms with Crippen molar-refractivity contribution in [3.8, 4) is 11.4 Å². The van der Waals surface area contributed by atoms with Gasteiger partial charge in [-0.05, 0) is 52.9 Å². The molecular weight excluding hydrogens is 380 g/mol. The summed E-state index contributed by atoms with van der Waals surface area (Å²) in [5, 5.41) is 21.4. The highest BCUT2D eigenvalue weighted by Gasteiger charge is 2.30. The first-order valence-electron chi connectivity index (χ1n) is 10.4. The van der Waals surface area contributed by atoms with Crippen molar-refractivity contribution in [2.45, 2.75) is 31.8 Å². The van der Waals surface area contributed by atoms with Crippen molar-refractivity contribution in [3.63, 3.8) is 0 Å². The van der Waals surface area contributed by atoms with E-state index < -0.39 is 0 Å². The van der Waals surface area contributed by atoms with E-state index in [4.69, 9.17) is 0 Å². The highest BCUT2D eigenvalue weighted by Crippen LogP contribution is 2.27. The lowest BCUT2D eigenvalue weighted by molar-refractivity contribution is 0.0597. The Hall–Kier alpha value is -3.26. The summed E-state index contributed by atoms with van der Waals surface area (Å²) in [6.07, 6.45) is 4.45. The number of hydrogen-bond acceptors (Lipinski definition) is 6. The van der Waals surface area contributed by atoms with E-state index in [1.54, 1.807) is 12.1 Å². The Morgan fingerprint density at radius 3 is 2.57 bits per heavy atom. The maximum Gasteiger partial charge on any atom is 0.257 e. The Bertz CT molecular complexity index is 1040. The summed E-state index contributed by atoms with van der Waals surface area (Å²) >= 11 is 0. The van der Waals surface area contributed by atoms with Crippen LogP contribution in [0.15, 0.2) is 48.8 Å². The summed E-state index contributed by atoms with van der Waals surface area (Å²) in [6, 6.07) is 14.1. The predicted molar refractivity (Wildman–Crippen MR) is 110 cm³/mol. The van der Waals surface area contributed by atoms with E-state index in [9.17, 15) is 9.90 Å². The van der Waals surface area contributed by atoms with Crippen LogP contribution in [0.4, 0.5) is 0 Å². The Kier molecular flexibility index (Phi) is 4.92. The number of carbonyl (C=O) groups excluding carboxylic acids is 1. The number of tetrazole rings is 1. The molecular formula is C22H24N6O2. The highest BCUT2D eigenvalue weighted by molar-refractivity contribution is 5.97. The number of fused-ring (bicyclic) bond motifs is 1. The van der Waals surface area contributed by atoms with E-state index >= 15 is 0 Å². The van der Waals surface area contributed by atoms with Gasteiger partial charge in [0.05, 0.1) is 11.3 Å². The lowest BCUT2D eigenvalue weighted by Crippen LogP contribution is -2.48. The van der Waals surface area contributed by atoms with Gasteiger partial charge in [-0.25, -0.2) is 4.68 Å². The Labute approximate surface area is 174 Å². The second kappa shape index (κ2) is 7.87. The SMILES string of the molecule is O=C(c1ccc(-n2cnnn2)cc1O)N1CCC(N2CCc3ccccc3C2)CC1.